The predicted octanol–water partition coefficient (Wildman–Crippen LogP) is 4.12. The van der Waals surface area contributed by atoms with Gasteiger partial charge in [0.05, 0.1) is 25.4 Å². The normalized spacial score (nSPS) is 24.0. The molecule has 0 bridgehead atoms. The van der Waals surface area contributed by atoms with Crippen molar-refractivity contribution in [3.8, 4) is 0 Å². The highest BCUT2D eigenvalue weighted by atomic mass is 28.4. The number of piperidine rings is 1. The van der Waals surface area contributed by atoms with E-state index in [0.29, 0.717) is 19.7 Å². The number of carbonyl (C=O) groups is 1. The van der Waals surface area contributed by atoms with Crippen LogP contribution in [0.3, 0.4) is 0 Å². The Morgan fingerprint density at radius 1 is 1.13 bits per heavy atom. The third kappa shape index (κ3) is 5.84. The lowest BCUT2D eigenvalue weighted by molar-refractivity contribution is -0.0468. The van der Waals surface area contributed by atoms with E-state index in [0.717, 1.165) is 38.3 Å². The summed E-state index contributed by atoms with van der Waals surface area (Å²) in [6, 6.07) is 10.0. The Kier molecular flexibility index (Phi) is 7.60. The van der Waals surface area contributed by atoms with Gasteiger partial charge < -0.3 is 18.8 Å². The highest BCUT2D eigenvalue weighted by Crippen LogP contribution is 2.39. The Balaban J connectivity index is 1.66. The van der Waals surface area contributed by atoms with E-state index in [1.807, 2.05) is 35.2 Å². The molecule has 0 aromatic heterocycles. The maximum atomic E-state index is 12.8. The van der Waals surface area contributed by atoms with Gasteiger partial charge in [-0.05, 0) is 30.1 Å². The molecule has 1 aromatic carbocycles. The van der Waals surface area contributed by atoms with Gasteiger partial charge in [0, 0.05) is 26.2 Å². The Labute approximate surface area is 182 Å². The van der Waals surface area contributed by atoms with Crippen LogP contribution in [0.5, 0.6) is 0 Å². The number of ether oxygens (including phenoxy) is 2. The summed E-state index contributed by atoms with van der Waals surface area (Å²) in [5.74, 6) is 0. The van der Waals surface area contributed by atoms with Crippen molar-refractivity contribution in [2.24, 2.45) is 0 Å². The zero-order chi connectivity index (χ0) is 21.8. The fraction of sp³-hybridized carbons (Fsp3) is 0.696. The van der Waals surface area contributed by atoms with Gasteiger partial charge in [-0.3, -0.25) is 4.90 Å². The van der Waals surface area contributed by atoms with Gasteiger partial charge >= 0.3 is 6.09 Å². The summed E-state index contributed by atoms with van der Waals surface area (Å²) in [7, 11) is -1.90. The summed E-state index contributed by atoms with van der Waals surface area (Å²) < 4.78 is 18.0. The number of hydrogen-bond donors (Lipinski definition) is 0. The third-order valence-electron chi connectivity index (χ3n) is 6.75. The number of carbonyl (C=O) groups excluding carboxylic acids is 1. The molecule has 0 N–H and O–H groups in total. The van der Waals surface area contributed by atoms with Crippen molar-refractivity contribution in [3.05, 3.63) is 35.9 Å². The average molecular weight is 435 g/mol. The molecule has 0 radical (unpaired) electrons. The molecular formula is C23H38N2O4Si. The van der Waals surface area contributed by atoms with E-state index in [9.17, 15) is 4.79 Å². The fourth-order valence-corrected chi connectivity index (χ4v) is 5.22. The quantitative estimate of drug-likeness (QED) is 0.653. The third-order valence-corrected chi connectivity index (χ3v) is 11.3. The van der Waals surface area contributed by atoms with Gasteiger partial charge in [0.2, 0.25) is 0 Å². The molecule has 2 atom stereocenters. The van der Waals surface area contributed by atoms with Crippen molar-refractivity contribution in [2.45, 2.75) is 64.1 Å². The van der Waals surface area contributed by atoms with E-state index in [2.05, 4.69) is 38.8 Å². The van der Waals surface area contributed by atoms with Crippen molar-refractivity contribution >= 4 is 14.4 Å². The van der Waals surface area contributed by atoms with Gasteiger partial charge in [0.25, 0.3) is 0 Å². The number of benzene rings is 1. The van der Waals surface area contributed by atoms with Crippen molar-refractivity contribution in [1.82, 2.24) is 9.80 Å². The van der Waals surface area contributed by atoms with Crippen molar-refractivity contribution in [3.63, 3.8) is 0 Å². The van der Waals surface area contributed by atoms with Crippen LogP contribution in [-0.2, 0) is 20.5 Å². The molecular weight excluding hydrogens is 396 g/mol. The smallest absolute Gasteiger partial charge is 0.410 e. The molecule has 1 aromatic rings. The zero-order valence-corrected chi connectivity index (χ0v) is 20.2. The lowest BCUT2D eigenvalue weighted by atomic mass is 10.0. The predicted molar refractivity (Wildman–Crippen MR) is 121 cm³/mol. The lowest BCUT2D eigenvalue weighted by Gasteiger charge is -2.48. The van der Waals surface area contributed by atoms with E-state index in [4.69, 9.17) is 13.9 Å². The van der Waals surface area contributed by atoms with E-state index in [1.54, 1.807) is 0 Å². The molecule has 0 saturated carbocycles. The van der Waals surface area contributed by atoms with Gasteiger partial charge in [0.1, 0.15) is 6.61 Å². The van der Waals surface area contributed by atoms with E-state index in [1.165, 1.54) is 0 Å². The highest BCUT2D eigenvalue weighted by molar-refractivity contribution is 6.74. The lowest BCUT2D eigenvalue weighted by Crippen LogP contribution is -2.61. The van der Waals surface area contributed by atoms with Crippen molar-refractivity contribution in [1.29, 1.82) is 0 Å². The van der Waals surface area contributed by atoms with Crippen LogP contribution in [-0.4, -0.2) is 75.7 Å². The molecule has 2 aliphatic heterocycles. The molecule has 2 heterocycles. The summed E-state index contributed by atoms with van der Waals surface area (Å²) in [6.07, 6.45) is 0.750. The fourth-order valence-electron chi connectivity index (χ4n) is 3.84. The summed E-state index contributed by atoms with van der Waals surface area (Å²) >= 11 is 0. The van der Waals surface area contributed by atoms with Crippen LogP contribution in [0, 0.1) is 0 Å². The first-order valence-corrected chi connectivity index (χ1v) is 14.0. The Bertz CT molecular complexity index is 686. The number of amides is 1. The van der Waals surface area contributed by atoms with Gasteiger partial charge in [-0.1, -0.05) is 51.1 Å². The average Bonchev–Trinajstić information content (AvgIpc) is 2.72. The number of morpholine rings is 1. The minimum absolute atomic E-state index is 0.141. The van der Waals surface area contributed by atoms with E-state index < -0.39 is 8.32 Å². The SMILES string of the molecule is CC(C)(C)[Si](C)(C)OC1CCN(C(=O)OCc2ccccc2)CC1N1CCOCC1. The first kappa shape index (κ1) is 23.3. The minimum atomic E-state index is -1.90. The molecule has 3 rings (SSSR count). The van der Waals surface area contributed by atoms with Crippen LogP contribution in [0.4, 0.5) is 4.79 Å². The van der Waals surface area contributed by atoms with E-state index >= 15 is 0 Å². The molecule has 30 heavy (non-hydrogen) atoms. The van der Waals surface area contributed by atoms with Crippen LogP contribution in [0.25, 0.3) is 0 Å². The molecule has 1 amide bonds. The zero-order valence-electron chi connectivity index (χ0n) is 19.2. The van der Waals surface area contributed by atoms with Crippen LogP contribution < -0.4 is 0 Å². The summed E-state index contributed by atoms with van der Waals surface area (Å²) in [6.45, 7) is 16.3. The van der Waals surface area contributed by atoms with Gasteiger partial charge in [-0.25, -0.2) is 4.79 Å². The largest absolute Gasteiger partial charge is 0.445 e. The van der Waals surface area contributed by atoms with Crippen molar-refractivity contribution in [2.75, 3.05) is 39.4 Å². The van der Waals surface area contributed by atoms with Gasteiger partial charge in [-0.2, -0.15) is 0 Å². The Morgan fingerprint density at radius 2 is 1.80 bits per heavy atom. The first-order valence-electron chi connectivity index (χ1n) is 11.1. The highest BCUT2D eigenvalue weighted by Gasteiger charge is 2.44. The molecule has 6 nitrogen and oxygen atoms in total. The number of likely N-dealkylation sites (tertiary alicyclic amines) is 1. The molecule has 2 unspecified atom stereocenters. The molecule has 2 aliphatic rings. The number of hydrogen-bond acceptors (Lipinski definition) is 5. The standard InChI is InChI=1S/C23H38N2O4Si/c1-23(2,3)30(4,5)29-21-11-12-25(17-20(21)24-13-15-27-16-14-24)22(26)28-18-19-9-7-6-8-10-19/h6-10,20-21H,11-18H2,1-5H3. The molecule has 0 aliphatic carbocycles. The first-order chi connectivity index (χ1) is 14.2. The number of nitrogens with zero attached hydrogens (tertiary/aromatic N) is 2. The van der Waals surface area contributed by atoms with Gasteiger partial charge in [0.15, 0.2) is 8.32 Å². The van der Waals surface area contributed by atoms with Crippen LogP contribution in [0.1, 0.15) is 32.8 Å². The van der Waals surface area contributed by atoms with Gasteiger partial charge in [-0.15, -0.1) is 0 Å². The van der Waals surface area contributed by atoms with Crippen LogP contribution in [0.15, 0.2) is 30.3 Å². The molecule has 2 fully saturated rings. The second-order valence-corrected chi connectivity index (χ2v) is 14.7. The minimum Gasteiger partial charge on any atom is -0.445 e. The molecule has 2 saturated heterocycles. The topological polar surface area (TPSA) is 51.2 Å². The maximum Gasteiger partial charge on any atom is 0.410 e. The summed E-state index contributed by atoms with van der Waals surface area (Å²) in [5, 5.41) is 0.161. The molecule has 7 heteroatoms. The monoisotopic (exact) mass is 434 g/mol. The Morgan fingerprint density at radius 3 is 2.43 bits per heavy atom. The molecule has 168 valence electrons. The van der Waals surface area contributed by atoms with E-state index in [-0.39, 0.29) is 23.3 Å². The van der Waals surface area contributed by atoms with Crippen LogP contribution >= 0.6 is 0 Å². The van der Waals surface area contributed by atoms with Crippen molar-refractivity contribution < 1.29 is 18.7 Å². The second kappa shape index (κ2) is 9.81. The summed E-state index contributed by atoms with van der Waals surface area (Å²) in [5.41, 5.74) is 1.01. The Hall–Kier alpha value is -1.41. The van der Waals surface area contributed by atoms with Crippen LogP contribution in [0.2, 0.25) is 18.1 Å². The molecule has 0 spiro atoms. The maximum absolute atomic E-state index is 12.8. The summed E-state index contributed by atoms with van der Waals surface area (Å²) in [4.78, 5) is 17.1. The second-order valence-electron chi connectivity index (χ2n) is 9.91. The number of rotatable bonds is 5.